The van der Waals surface area contributed by atoms with Crippen molar-refractivity contribution in [2.45, 2.75) is 19.8 Å². The average Bonchev–Trinajstić information content (AvgIpc) is 3.12. The van der Waals surface area contributed by atoms with E-state index in [1.807, 2.05) is 0 Å². The zero-order valence-electron chi connectivity index (χ0n) is 15.5. The fraction of sp³-hybridized carbons (Fsp3) is 0.238. The second-order valence-electron chi connectivity index (χ2n) is 6.36. The number of carbonyl (C=O) groups is 3. The monoisotopic (exact) mass is 376 g/mol. The molecule has 3 rings (SSSR count). The molecule has 0 saturated carbocycles. The number of terminal acetylenes is 1. The molecule has 1 saturated heterocycles. The first kappa shape index (κ1) is 19.1. The fourth-order valence-corrected chi connectivity index (χ4v) is 3.02. The predicted octanol–water partition coefficient (Wildman–Crippen LogP) is 2.45. The van der Waals surface area contributed by atoms with Crippen molar-refractivity contribution in [2.24, 2.45) is 0 Å². The van der Waals surface area contributed by atoms with Gasteiger partial charge in [-0.3, -0.25) is 14.4 Å². The van der Waals surface area contributed by atoms with Gasteiger partial charge in [-0.1, -0.05) is 12.0 Å². The minimum Gasteiger partial charge on any atom is -0.311 e. The highest BCUT2D eigenvalue weighted by Crippen LogP contribution is 2.22. The van der Waals surface area contributed by atoms with Crippen molar-refractivity contribution in [1.82, 2.24) is 4.98 Å². The first-order valence-electron chi connectivity index (χ1n) is 8.89. The van der Waals surface area contributed by atoms with E-state index in [1.54, 1.807) is 47.5 Å². The molecule has 0 bridgehead atoms. The number of hydrogen-bond donors (Lipinski definition) is 1. The van der Waals surface area contributed by atoms with Crippen LogP contribution in [-0.2, 0) is 9.59 Å². The summed E-state index contributed by atoms with van der Waals surface area (Å²) >= 11 is 0. The highest BCUT2D eigenvalue weighted by molar-refractivity contribution is 6.05. The number of nitrogens with one attached hydrogen (secondary N) is 1. The molecule has 1 N–H and O–H groups in total. The maximum atomic E-state index is 12.6. The Kier molecular flexibility index (Phi) is 5.70. The number of aromatic nitrogens is 1. The molecule has 1 aromatic carbocycles. The molecule has 142 valence electrons. The van der Waals surface area contributed by atoms with Gasteiger partial charge in [-0.2, -0.15) is 0 Å². The predicted molar refractivity (Wildman–Crippen MR) is 107 cm³/mol. The van der Waals surface area contributed by atoms with Crippen LogP contribution in [-0.4, -0.2) is 35.8 Å². The Balaban J connectivity index is 1.73. The van der Waals surface area contributed by atoms with E-state index in [0.29, 0.717) is 35.7 Å². The van der Waals surface area contributed by atoms with Crippen molar-refractivity contribution in [3.8, 4) is 12.3 Å². The van der Waals surface area contributed by atoms with Crippen molar-refractivity contribution in [1.29, 1.82) is 0 Å². The maximum Gasteiger partial charge on any atom is 0.256 e. The summed E-state index contributed by atoms with van der Waals surface area (Å²) in [6, 6.07) is 10.1. The Morgan fingerprint density at radius 3 is 2.75 bits per heavy atom. The Hall–Kier alpha value is -3.66. The molecule has 0 radical (unpaired) electrons. The van der Waals surface area contributed by atoms with Crippen LogP contribution >= 0.6 is 0 Å². The number of nitrogens with zero attached hydrogens (tertiary/aromatic N) is 3. The van der Waals surface area contributed by atoms with Crippen molar-refractivity contribution >= 4 is 34.9 Å². The smallest absolute Gasteiger partial charge is 0.256 e. The molecule has 1 aliphatic heterocycles. The Morgan fingerprint density at radius 1 is 1.32 bits per heavy atom. The zero-order chi connectivity index (χ0) is 20.1. The second kappa shape index (κ2) is 8.35. The normalized spacial score (nSPS) is 13.1. The number of amides is 3. The molecule has 0 unspecified atom stereocenters. The van der Waals surface area contributed by atoms with Crippen LogP contribution in [0.5, 0.6) is 0 Å². The Morgan fingerprint density at radius 2 is 2.14 bits per heavy atom. The Bertz CT molecular complexity index is 947. The van der Waals surface area contributed by atoms with Gasteiger partial charge in [-0.05, 0) is 36.8 Å². The highest BCUT2D eigenvalue weighted by Gasteiger charge is 2.22. The summed E-state index contributed by atoms with van der Waals surface area (Å²) in [6.07, 6.45) is 8.27. The first-order valence-corrected chi connectivity index (χ1v) is 8.89. The van der Waals surface area contributed by atoms with Gasteiger partial charge in [-0.15, -0.1) is 6.42 Å². The minimum atomic E-state index is -0.358. The number of pyridine rings is 1. The molecular weight excluding hydrogens is 356 g/mol. The summed E-state index contributed by atoms with van der Waals surface area (Å²) in [5.41, 5.74) is 1.64. The van der Waals surface area contributed by atoms with Gasteiger partial charge in [0.15, 0.2) is 0 Å². The lowest BCUT2D eigenvalue weighted by molar-refractivity contribution is -0.117. The summed E-state index contributed by atoms with van der Waals surface area (Å²) in [5.74, 6) is 2.33. The van der Waals surface area contributed by atoms with Gasteiger partial charge in [0.1, 0.15) is 5.82 Å². The molecule has 1 fully saturated rings. The van der Waals surface area contributed by atoms with Gasteiger partial charge in [0, 0.05) is 31.1 Å². The van der Waals surface area contributed by atoms with E-state index >= 15 is 0 Å². The standard InChI is InChI=1S/C21H20N4O3/c1-3-11-24(15(2)26)17-7-4-6-16(13-17)21(28)23-19-10-9-18(14-22-19)25-12-5-8-20(25)27/h1,4,6-7,9-10,13-14H,5,8,11-12H2,2H3,(H,22,23,28). The summed E-state index contributed by atoms with van der Waals surface area (Å²) in [6.45, 7) is 2.22. The third-order valence-corrected chi connectivity index (χ3v) is 4.42. The molecule has 1 aromatic heterocycles. The second-order valence-corrected chi connectivity index (χ2v) is 6.36. The number of hydrogen-bond acceptors (Lipinski definition) is 4. The molecule has 7 nitrogen and oxygen atoms in total. The first-order chi connectivity index (χ1) is 13.5. The topological polar surface area (TPSA) is 82.6 Å². The van der Waals surface area contributed by atoms with Crippen LogP contribution in [0.4, 0.5) is 17.2 Å². The molecule has 2 aromatic rings. The van der Waals surface area contributed by atoms with Crippen LogP contribution in [0.3, 0.4) is 0 Å². The van der Waals surface area contributed by atoms with E-state index in [2.05, 4.69) is 16.2 Å². The number of rotatable bonds is 5. The van der Waals surface area contributed by atoms with E-state index in [4.69, 9.17) is 6.42 Å². The molecule has 3 amide bonds. The minimum absolute atomic E-state index is 0.0809. The average molecular weight is 376 g/mol. The van der Waals surface area contributed by atoms with Crippen molar-refractivity contribution < 1.29 is 14.4 Å². The van der Waals surface area contributed by atoms with Gasteiger partial charge in [0.25, 0.3) is 5.91 Å². The van der Waals surface area contributed by atoms with Gasteiger partial charge in [0.2, 0.25) is 11.8 Å². The molecule has 0 spiro atoms. The van der Waals surface area contributed by atoms with Gasteiger partial charge in [0.05, 0.1) is 18.4 Å². The van der Waals surface area contributed by atoms with E-state index in [1.165, 1.54) is 11.8 Å². The lowest BCUT2D eigenvalue weighted by atomic mass is 10.1. The molecule has 28 heavy (non-hydrogen) atoms. The van der Waals surface area contributed by atoms with Crippen molar-refractivity contribution in [3.05, 3.63) is 48.2 Å². The molecule has 2 heterocycles. The quantitative estimate of drug-likeness (QED) is 0.813. The maximum absolute atomic E-state index is 12.6. The van der Waals surface area contributed by atoms with Crippen molar-refractivity contribution in [3.63, 3.8) is 0 Å². The van der Waals surface area contributed by atoms with Crippen LogP contribution in [0.1, 0.15) is 30.1 Å². The van der Waals surface area contributed by atoms with E-state index in [9.17, 15) is 14.4 Å². The van der Waals surface area contributed by atoms with E-state index in [0.717, 1.165) is 6.42 Å². The number of carbonyl (C=O) groups excluding carboxylic acids is 3. The van der Waals surface area contributed by atoms with Crippen LogP contribution in [0.2, 0.25) is 0 Å². The molecule has 0 atom stereocenters. The molecular formula is C21H20N4O3. The summed E-state index contributed by atoms with van der Waals surface area (Å²) in [5, 5.41) is 2.72. The van der Waals surface area contributed by atoms with Gasteiger partial charge in [-0.25, -0.2) is 4.98 Å². The Labute approximate surface area is 163 Å². The van der Waals surface area contributed by atoms with Gasteiger partial charge < -0.3 is 15.1 Å². The fourth-order valence-electron chi connectivity index (χ4n) is 3.02. The number of anilines is 3. The SMILES string of the molecule is C#CCN(C(C)=O)c1cccc(C(=O)Nc2ccc(N3CCCC3=O)cn2)c1. The van der Waals surface area contributed by atoms with Crippen LogP contribution in [0.25, 0.3) is 0 Å². The van der Waals surface area contributed by atoms with E-state index in [-0.39, 0.29) is 24.3 Å². The lowest BCUT2D eigenvalue weighted by Crippen LogP contribution is -2.29. The lowest BCUT2D eigenvalue weighted by Gasteiger charge is -2.19. The molecule has 0 aliphatic carbocycles. The molecule has 1 aliphatic rings. The summed E-state index contributed by atoms with van der Waals surface area (Å²) in [7, 11) is 0. The summed E-state index contributed by atoms with van der Waals surface area (Å²) in [4.78, 5) is 43.4. The molecule has 7 heteroatoms. The van der Waals surface area contributed by atoms with Crippen LogP contribution < -0.4 is 15.1 Å². The van der Waals surface area contributed by atoms with Gasteiger partial charge >= 0.3 is 0 Å². The zero-order valence-corrected chi connectivity index (χ0v) is 15.5. The number of benzene rings is 1. The third kappa shape index (κ3) is 4.18. The van der Waals surface area contributed by atoms with E-state index < -0.39 is 0 Å². The largest absolute Gasteiger partial charge is 0.311 e. The van der Waals surface area contributed by atoms with Crippen molar-refractivity contribution in [2.75, 3.05) is 28.2 Å². The van der Waals surface area contributed by atoms with Crippen LogP contribution in [0.15, 0.2) is 42.6 Å². The third-order valence-electron chi connectivity index (χ3n) is 4.42. The highest BCUT2D eigenvalue weighted by atomic mass is 16.2. The van der Waals surface area contributed by atoms with Crippen LogP contribution in [0, 0.1) is 12.3 Å². The summed E-state index contributed by atoms with van der Waals surface area (Å²) < 4.78 is 0.